The van der Waals surface area contributed by atoms with Crippen LogP contribution in [0.3, 0.4) is 0 Å². The lowest BCUT2D eigenvalue weighted by Crippen LogP contribution is -2.28. The molecule has 0 saturated heterocycles. The zero-order valence-electron chi connectivity index (χ0n) is 17.8. The van der Waals surface area contributed by atoms with Crippen molar-refractivity contribution in [2.24, 2.45) is 0 Å². The van der Waals surface area contributed by atoms with Gasteiger partial charge < -0.3 is 14.8 Å². The number of carbonyl (C=O) groups is 1. The van der Waals surface area contributed by atoms with Gasteiger partial charge in [0.05, 0.1) is 32.4 Å². The van der Waals surface area contributed by atoms with Gasteiger partial charge in [-0.2, -0.15) is 5.10 Å². The van der Waals surface area contributed by atoms with Crippen LogP contribution in [-0.2, 0) is 11.2 Å². The van der Waals surface area contributed by atoms with Gasteiger partial charge >= 0.3 is 0 Å². The number of para-hydroxylation sites is 1. The summed E-state index contributed by atoms with van der Waals surface area (Å²) in [4.78, 5) is 12.8. The number of aromatic nitrogens is 2. The maximum Gasteiger partial charge on any atom is 0.225 e. The second-order valence-electron chi connectivity index (χ2n) is 7.09. The Labute approximate surface area is 175 Å². The quantitative estimate of drug-likeness (QED) is 0.637. The fourth-order valence-electron chi connectivity index (χ4n) is 3.50. The topological polar surface area (TPSA) is 65.4 Å². The number of rotatable bonds is 7. The van der Waals surface area contributed by atoms with E-state index in [9.17, 15) is 9.18 Å². The molecule has 1 N–H and O–H groups in total. The Morgan fingerprint density at radius 3 is 2.57 bits per heavy atom. The van der Waals surface area contributed by atoms with E-state index in [1.807, 2.05) is 32.9 Å². The molecule has 1 amide bonds. The molecule has 30 heavy (non-hydrogen) atoms. The van der Waals surface area contributed by atoms with Crippen LogP contribution in [-0.4, -0.2) is 29.9 Å². The molecule has 1 aromatic heterocycles. The maximum absolute atomic E-state index is 14.2. The number of hydrogen-bond donors (Lipinski definition) is 1. The van der Waals surface area contributed by atoms with Gasteiger partial charge in [0.2, 0.25) is 5.91 Å². The summed E-state index contributed by atoms with van der Waals surface area (Å²) in [6.07, 6.45) is 0.142. The molecule has 1 unspecified atom stereocenters. The first-order valence-corrected chi connectivity index (χ1v) is 9.67. The van der Waals surface area contributed by atoms with E-state index in [0.29, 0.717) is 22.9 Å². The van der Waals surface area contributed by atoms with Crippen LogP contribution in [0.5, 0.6) is 11.5 Å². The summed E-state index contributed by atoms with van der Waals surface area (Å²) in [5, 5.41) is 7.44. The predicted octanol–water partition coefficient (Wildman–Crippen LogP) is 4.07. The monoisotopic (exact) mass is 411 g/mol. The van der Waals surface area contributed by atoms with Crippen molar-refractivity contribution in [3.8, 4) is 17.2 Å². The van der Waals surface area contributed by atoms with Gasteiger partial charge in [-0.1, -0.05) is 12.1 Å². The van der Waals surface area contributed by atoms with E-state index in [1.165, 1.54) is 6.07 Å². The van der Waals surface area contributed by atoms with E-state index in [0.717, 1.165) is 16.8 Å². The molecule has 158 valence electrons. The predicted molar refractivity (Wildman–Crippen MR) is 113 cm³/mol. The number of nitrogens with one attached hydrogen (secondary N) is 1. The first-order chi connectivity index (χ1) is 14.3. The van der Waals surface area contributed by atoms with Crippen LogP contribution in [0.15, 0.2) is 42.5 Å². The molecule has 0 radical (unpaired) electrons. The fourth-order valence-corrected chi connectivity index (χ4v) is 3.50. The van der Waals surface area contributed by atoms with Crippen molar-refractivity contribution in [2.75, 3.05) is 14.2 Å². The molecule has 0 bridgehead atoms. The highest BCUT2D eigenvalue weighted by atomic mass is 19.1. The number of amides is 1. The first-order valence-electron chi connectivity index (χ1n) is 9.67. The minimum absolute atomic E-state index is 0.142. The Balaban J connectivity index is 1.80. The average Bonchev–Trinajstić information content (AvgIpc) is 3.01. The summed E-state index contributed by atoms with van der Waals surface area (Å²) in [7, 11) is 3.18. The highest BCUT2D eigenvalue weighted by Gasteiger charge is 2.20. The third-order valence-corrected chi connectivity index (χ3v) is 5.14. The Hall–Kier alpha value is -3.35. The van der Waals surface area contributed by atoms with E-state index < -0.39 is 0 Å². The Kier molecular flexibility index (Phi) is 6.40. The number of aryl methyl sites for hydroxylation is 1. The van der Waals surface area contributed by atoms with Crippen LogP contribution in [0.1, 0.15) is 35.5 Å². The van der Waals surface area contributed by atoms with Crippen LogP contribution in [0, 0.1) is 19.7 Å². The number of hydrogen-bond acceptors (Lipinski definition) is 4. The van der Waals surface area contributed by atoms with E-state index in [4.69, 9.17) is 9.47 Å². The standard InChI is InChI=1S/C23H26FN3O3/c1-14(19-12-17(29-4)10-11-22(19)30-5)25-23(28)13-18-15(2)26-27(16(18)3)21-9-7-6-8-20(21)24/h6-12,14H,13H2,1-5H3,(H,25,28). The maximum atomic E-state index is 14.2. The molecule has 1 heterocycles. The lowest BCUT2D eigenvalue weighted by Gasteiger charge is -2.18. The first kappa shape index (κ1) is 21.4. The number of nitrogens with zero attached hydrogens (tertiary/aromatic N) is 2. The van der Waals surface area contributed by atoms with E-state index in [2.05, 4.69) is 10.4 Å². The molecule has 6 nitrogen and oxygen atoms in total. The Morgan fingerprint density at radius 2 is 1.90 bits per heavy atom. The van der Waals surface area contributed by atoms with Crippen LogP contribution in [0.2, 0.25) is 0 Å². The summed E-state index contributed by atoms with van der Waals surface area (Å²) in [5.74, 6) is 0.831. The Morgan fingerprint density at radius 1 is 1.17 bits per heavy atom. The molecular formula is C23H26FN3O3. The zero-order chi connectivity index (χ0) is 21.8. The average molecular weight is 411 g/mol. The van der Waals surface area contributed by atoms with Gasteiger partial charge in [-0.15, -0.1) is 0 Å². The van der Waals surface area contributed by atoms with Crippen LogP contribution in [0.25, 0.3) is 5.69 Å². The van der Waals surface area contributed by atoms with Gasteiger partial charge in [-0.25, -0.2) is 9.07 Å². The van der Waals surface area contributed by atoms with Gasteiger partial charge in [0, 0.05) is 16.8 Å². The number of carbonyl (C=O) groups excluding carboxylic acids is 1. The molecule has 2 aromatic carbocycles. The summed E-state index contributed by atoms with van der Waals surface area (Å²) >= 11 is 0. The van der Waals surface area contributed by atoms with Gasteiger partial charge in [0.25, 0.3) is 0 Å². The third-order valence-electron chi connectivity index (χ3n) is 5.14. The number of benzene rings is 2. The molecule has 1 atom stereocenters. The van der Waals surface area contributed by atoms with Crippen molar-refractivity contribution in [1.29, 1.82) is 0 Å². The van der Waals surface area contributed by atoms with Crippen molar-refractivity contribution in [2.45, 2.75) is 33.2 Å². The second kappa shape index (κ2) is 8.98. The molecule has 3 rings (SSSR count). The molecule has 0 saturated carbocycles. The molecule has 0 aliphatic heterocycles. The van der Waals surface area contributed by atoms with Crippen molar-refractivity contribution < 1.29 is 18.7 Å². The molecule has 0 fully saturated rings. The SMILES string of the molecule is COc1ccc(OC)c(C(C)NC(=O)Cc2c(C)nn(-c3ccccc3F)c2C)c1. The van der Waals surface area contributed by atoms with Crippen LogP contribution < -0.4 is 14.8 Å². The minimum atomic E-state index is -0.363. The number of ether oxygens (including phenoxy) is 2. The lowest BCUT2D eigenvalue weighted by molar-refractivity contribution is -0.121. The van der Waals surface area contributed by atoms with E-state index >= 15 is 0 Å². The van der Waals surface area contributed by atoms with Crippen molar-refractivity contribution in [3.63, 3.8) is 0 Å². The summed E-state index contributed by atoms with van der Waals surface area (Å²) in [5.41, 5.74) is 3.39. The molecule has 0 aliphatic carbocycles. The number of halogens is 1. The molecule has 0 spiro atoms. The smallest absolute Gasteiger partial charge is 0.225 e. The van der Waals surface area contributed by atoms with Gasteiger partial charge in [0.1, 0.15) is 23.0 Å². The van der Waals surface area contributed by atoms with Crippen molar-refractivity contribution in [1.82, 2.24) is 15.1 Å². The van der Waals surface area contributed by atoms with Crippen molar-refractivity contribution >= 4 is 5.91 Å². The van der Waals surface area contributed by atoms with E-state index in [1.54, 1.807) is 43.2 Å². The van der Waals surface area contributed by atoms with Crippen molar-refractivity contribution in [3.05, 3.63) is 70.8 Å². The highest BCUT2D eigenvalue weighted by Crippen LogP contribution is 2.29. The Bertz CT molecular complexity index is 1060. The van der Waals surface area contributed by atoms with Gasteiger partial charge in [0.15, 0.2) is 0 Å². The highest BCUT2D eigenvalue weighted by molar-refractivity contribution is 5.79. The summed E-state index contributed by atoms with van der Waals surface area (Å²) < 4.78 is 26.4. The summed E-state index contributed by atoms with van der Waals surface area (Å²) in [6.45, 7) is 5.54. The lowest BCUT2D eigenvalue weighted by atomic mass is 10.1. The minimum Gasteiger partial charge on any atom is -0.497 e. The molecule has 3 aromatic rings. The zero-order valence-corrected chi connectivity index (χ0v) is 17.8. The molecule has 0 aliphatic rings. The molecule has 7 heteroatoms. The summed E-state index contributed by atoms with van der Waals surface area (Å²) in [6, 6.07) is 11.6. The normalized spacial score (nSPS) is 11.8. The fraction of sp³-hybridized carbons (Fsp3) is 0.304. The third kappa shape index (κ3) is 4.30. The number of methoxy groups -OCH3 is 2. The molecular weight excluding hydrogens is 385 g/mol. The second-order valence-corrected chi connectivity index (χ2v) is 7.09. The van der Waals surface area contributed by atoms with Gasteiger partial charge in [-0.05, 0) is 51.1 Å². The van der Waals surface area contributed by atoms with E-state index in [-0.39, 0.29) is 24.2 Å². The van der Waals surface area contributed by atoms with Crippen LogP contribution in [0.4, 0.5) is 4.39 Å². The van der Waals surface area contributed by atoms with Crippen LogP contribution >= 0.6 is 0 Å². The van der Waals surface area contributed by atoms with Gasteiger partial charge in [-0.3, -0.25) is 4.79 Å². The largest absolute Gasteiger partial charge is 0.497 e.